The lowest BCUT2D eigenvalue weighted by atomic mass is 10.2. The van der Waals surface area contributed by atoms with Gasteiger partial charge in [0.2, 0.25) is 0 Å². The van der Waals surface area contributed by atoms with Gasteiger partial charge in [-0.25, -0.2) is 0 Å². The topological polar surface area (TPSA) is 21.6 Å². The Morgan fingerprint density at radius 3 is 2.79 bits per heavy atom. The summed E-state index contributed by atoms with van der Waals surface area (Å²) in [5.74, 6) is 0.00273. The van der Waals surface area contributed by atoms with Gasteiger partial charge in [-0.3, -0.25) is 0 Å². The minimum Gasteiger partial charge on any atom is -0.432 e. The molecule has 1 rings (SSSR count). The second kappa shape index (κ2) is 4.79. The van der Waals surface area contributed by atoms with Crippen LogP contribution in [0.3, 0.4) is 0 Å². The molecule has 0 bridgehead atoms. The molecule has 0 atom stereocenters. The van der Waals surface area contributed by atoms with E-state index in [4.69, 9.17) is 0 Å². The predicted molar refractivity (Wildman–Crippen MR) is 52.5 cm³/mol. The average Bonchev–Trinajstić information content (AvgIpc) is 2.09. The van der Waals surface area contributed by atoms with E-state index < -0.39 is 6.61 Å². The fraction of sp³-hybridized carbons (Fsp3) is 0.222. The molecule has 0 spiro atoms. The maximum absolute atomic E-state index is 11.9. The molecule has 1 aromatic carbocycles. The lowest BCUT2D eigenvalue weighted by molar-refractivity contribution is -0.0494. The summed E-state index contributed by atoms with van der Waals surface area (Å²) in [6, 6.07) is 4.67. The Kier molecular flexibility index (Phi) is 3.68. The van der Waals surface area contributed by atoms with Crippen molar-refractivity contribution >= 4 is 23.1 Å². The molecule has 74 valence electrons. The van der Waals surface area contributed by atoms with Crippen LogP contribution in [0.25, 0.3) is 0 Å². The van der Waals surface area contributed by atoms with Gasteiger partial charge in [-0.1, -0.05) is 6.07 Å². The van der Waals surface area contributed by atoms with Crippen LogP contribution in [0.5, 0.6) is 5.75 Å². The second-order valence-electron chi connectivity index (χ2n) is 2.55. The fourth-order valence-electron chi connectivity index (χ4n) is 0.960. The van der Waals surface area contributed by atoms with Gasteiger partial charge in [0, 0.05) is 0 Å². The third kappa shape index (κ3) is 2.87. The van der Waals surface area contributed by atoms with E-state index in [-0.39, 0.29) is 11.4 Å². The number of aliphatic imine (C=N–C) groups is 1. The number of benzene rings is 1. The molecule has 0 unspecified atom stereocenters. The molecular formula is C9H7F2NOS. The Labute approximate surface area is 85.2 Å². The lowest BCUT2D eigenvalue weighted by Crippen LogP contribution is -2.01. The van der Waals surface area contributed by atoms with E-state index in [2.05, 4.69) is 27.1 Å². The molecule has 0 saturated heterocycles. The quantitative estimate of drug-likeness (QED) is 0.569. The number of isothiocyanates is 1. The highest BCUT2D eigenvalue weighted by Gasteiger charge is 2.08. The van der Waals surface area contributed by atoms with Crippen LogP contribution in [0.2, 0.25) is 0 Å². The zero-order chi connectivity index (χ0) is 10.6. The summed E-state index contributed by atoms with van der Waals surface area (Å²) >= 11 is 4.39. The van der Waals surface area contributed by atoms with E-state index in [1.807, 2.05) is 6.92 Å². The van der Waals surface area contributed by atoms with Crippen molar-refractivity contribution in [1.29, 1.82) is 0 Å². The van der Waals surface area contributed by atoms with Crippen molar-refractivity contribution in [3.63, 3.8) is 0 Å². The molecule has 0 amide bonds. The van der Waals surface area contributed by atoms with Crippen LogP contribution < -0.4 is 4.74 Å². The van der Waals surface area contributed by atoms with Crippen molar-refractivity contribution < 1.29 is 13.5 Å². The van der Waals surface area contributed by atoms with Crippen molar-refractivity contribution in [3.8, 4) is 5.75 Å². The van der Waals surface area contributed by atoms with Crippen molar-refractivity contribution in [2.75, 3.05) is 0 Å². The molecule has 2 nitrogen and oxygen atoms in total. The standard InChI is InChI=1S/C9H7F2NOS/c1-6-2-3-8(13-9(10)11)7(4-6)12-5-14/h2-4,9H,1H3. The summed E-state index contributed by atoms with van der Waals surface area (Å²) in [5, 5.41) is 2.11. The SMILES string of the molecule is Cc1ccc(OC(F)F)c(N=C=S)c1. The number of aryl methyl sites for hydroxylation is 1. The second-order valence-corrected chi connectivity index (χ2v) is 2.74. The van der Waals surface area contributed by atoms with Gasteiger partial charge in [-0.05, 0) is 36.8 Å². The maximum Gasteiger partial charge on any atom is 0.387 e. The van der Waals surface area contributed by atoms with Crippen molar-refractivity contribution in [2.45, 2.75) is 13.5 Å². The van der Waals surface area contributed by atoms with Gasteiger partial charge in [-0.15, -0.1) is 0 Å². The van der Waals surface area contributed by atoms with Gasteiger partial charge in [-0.2, -0.15) is 13.8 Å². The summed E-state index contributed by atoms with van der Waals surface area (Å²) < 4.78 is 28.1. The Balaban J connectivity index is 3.07. The summed E-state index contributed by atoms with van der Waals surface area (Å²) in [7, 11) is 0. The summed E-state index contributed by atoms with van der Waals surface area (Å²) in [5.41, 5.74) is 1.15. The highest BCUT2D eigenvalue weighted by atomic mass is 32.1. The average molecular weight is 215 g/mol. The van der Waals surface area contributed by atoms with Crippen LogP contribution in [0.1, 0.15) is 5.56 Å². The van der Waals surface area contributed by atoms with Crippen LogP contribution in [-0.4, -0.2) is 11.8 Å². The molecule has 0 N–H and O–H groups in total. The number of ether oxygens (including phenoxy) is 1. The van der Waals surface area contributed by atoms with Crippen molar-refractivity contribution in [2.24, 2.45) is 4.99 Å². The minimum absolute atomic E-state index is 0.00273. The van der Waals surface area contributed by atoms with Crippen LogP contribution in [0.4, 0.5) is 14.5 Å². The molecule has 0 aliphatic rings. The summed E-state index contributed by atoms with van der Waals surface area (Å²) in [6.45, 7) is -1.05. The van der Waals surface area contributed by atoms with E-state index in [1.165, 1.54) is 6.07 Å². The van der Waals surface area contributed by atoms with Gasteiger partial charge >= 0.3 is 6.61 Å². The largest absolute Gasteiger partial charge is 0.432 e. The van der Waals surface area contributed by atoms with E-state index in [9.17, 15) is 8.78 Å². The Bertz CT molecular complexity index is 375. The number of hydrogen-bond acceptors (Lipinski definition) is 3. The van der Waals surface area contributed by atoms with E-state index in [1.54, 1.807) is 12.1 Å². The molecule has 0 fully saturated rings. The molecular weight excluding hydrogens is 208 g/mol. The van der Waals surface area contributed by atoms with Gasteiger partial charge in [0.25, 0.3) is 0 Å². The maximum atomic E-state index is 11.9. The fourth-order valence-corrected chi connectivity index (χ4v) is 1.06. The molecule has 0 aliphatic heterocycles. The number of rotatable bonds is 3. The van der Waals surface area contributed by atoms with Crippen molar-refractivity contribution in [1.82, 2.24) is 0 Å². The molecule has 0 aromatic heterocycles. The first-order valence-electron chi connectivity index (χ1n) is 3.77. The molecule has 1 aromatic rings. The van der Waals surface area contributed by atoms with Gasteiger partial charge in [0.1, 0.15) is 5.69 Å². The Hall–Kier alpha value is -1.32. The number of nitrogens with zero attached hydrogens (tertiary/aromatic N) is 1. The number of hydrogen-bond donors (Lipinski definition) is 0. The minimum atomic E-state index is -2.86. The zero-order valence-corrected chi connectivity index (χ0v) is 8.15. The summed E-state index contributed by atoms with van der Waals surface area (Å²) in [6.07, 6.45) is 0. The number of thiocarbonyl (C=S) groups is 1. The molecule has 5 heteroatoms. The Morgan fingerprint density at radius 2 is 2.21 bits per heavy atom. The van der Waals surface area contributed by atoms with Crippen LogP contribution in [0, 0.1) is 6.92 Å². The first-order valence-corrected chi connectivity index (χ1v) is 4.17. The Morgan fingerprint density at radius 1 is 1.50 bits per heavy atom. The third-order valence-corrected chi connectivity index (χ3v) is 1.59. The predicted octanol–water partition coefficient (Wildman–Crippen LogP) is 3.33. The van der Waals surface area contributed by atoms with Crippen molar-refractivity contribution in [3.05, 3.63) is 23.8 Å². The van der Waals surface area contributed by atoms with Gasteiger partial charge in [0.05, 0.1) is 5.16 Å². The normalized spacial score (nSPS) is 9.71. The molecule has 0 heterocycles. The third-order valence-electron chi connectivity index (χ3n) is 1.50. The first-order chi connectivity index (χ1) is 6.63. The molecule has 0 saturated carbocycles. The van der Waals surface area contributed by atoms with E-state index >= 15 is 0 Å². The van der Waals surface area contributed by atoms with E-state index in [0.717, 1.165) is 5.56 Å². The number of alkyl halides is 2. The molecule has 14 heavy (non-hydrogen) atoms. The van der Waals surface area contributed by atoms with Crippen LogP contribution >= 0.6 is 12.2 Å². The first kappa shape index (κ1) is 10.8. The molecule has 0 aliphatic carbocycles. The smallest absolute Gasteiger partial charge is 0.387 e. The van der Waals surface area contributed by atoms with Crippen LogP contribution in [0.15, 0.2) is 23.2 Å². The van der Waals surface area contributed by atoms with Gasteiger partial charge < -0.3 is 4.74 Å². The number of halogens is 2. The molecule has 0 radical (unpaired) electrons. The zero-order valence-electron chi connectivity index (χ0n) is 7.33. The highest BCUT2D eigenvalue weighted by molar-refractivity contribution is 7.78. The monoisotopic (exact) mass is 215 g/mol. The van der Waals surface area contributed by atoms with E-state index in [0.29, 0.717) is 0 Å². The highest BCUT2D eigenvalue weighted by Crippen LogP contribution is 2.29. The van der Waals surface area contributed by atoms with Crippen LogP contribution in [-0.2, 0) is 0 Å². The lowest BCUT2D eigenvalue weighted by Gasteiger charge is -2.06. The summed E-state index contributed by atoms with van der Waals surface area (Å²) in [4.78, 5) is 3.63. The van der Waals surface area contributed by atoms with Gasteiger partial charge in [0.15, 0.2) is 5.75 Å².